The highest BCUT2D eigenvalue weighted by Gasteiger charge is 2.32. The van der Waals surface area contributed by atoms with E-state index < -0.39 is 0 Å². The zero-order chi connectivity index (χ0) is 19.2. The minimum absolute atomic E-state index is 0.00553. The highest BCUT2D eigenvalue weighted by Crippen LogP contribution is 2.34. The monoisotopic (exact) mass is 383 g/mol. The molecule has 0 aliphatic carbocycles. The van der Waals surface area contributed by atoms with E-state index in [0.29, 0.717) is 0 Å². The molecule has 0 bridgehead atoms. The molecule has 7 heteroatoms. The Hall–Kier alpha value is -2.28. The molecule has 0 spiro atoms. The van der Waals surface area contributed by atoms with Crippen LogP contribution in [0, 0.1) is 6.92 Å². The van der Waals surface area contributed by atoms with E-state index in [1.165, 1.54) is 11.3 Å². The van der Waals surface area contributed by atoms with Crippen LogP contribution in [-0.2, 0) is 5.41 Å². The number of likely N-dealkylation sites (tertiary alicyclic amines) is 1. The number of amides is 1. The predicted molar refractivity (Wildman–Crippen MR) is 106 cm³/mol. The highest BCUT2D eigenvalue weighted by atomic mass is 32.1. The fourth-order valence-electron chi connectivity index (χ4n) is 3.65. The van der Waals surface area contributed by atoms with Crippen molar-refractivity contribution in [2.75, 3.05) is 6.54 Å². The predicted octanol–water partition coefficient (Wildman–Crippen LogP) is 4.16. The molecular weight excluding hydrogens is 358 g/mol. The second-order valence-electron chi connectivity index (χ2n) is 8.20. The lowest BCUT2D eigenvalue weighted by Crippen LogP contribution is -2.39. The van der Waals surface area contributed by atoms with Crippen molar-refractivity contribution in [3.05, 3.63) is 45.8 Å². The second kappa shape index (κ2) is 6.71. The van der Waals surface area contributed by atoms with Crippen LogP contribution in [-0.4, -0.2) is 36.9 Å². The standard InChI is InChI=1S/C20H25N5OS/c1-13-18(27-12-22-13)19(26)24-10-6-5-7-14(24)15-8-9-21-17-11-16(20(2,3)4)23-25(15)17/h8-9,11-12,14H,5-7,10H2,1-4H3. The fraction of sp³-hybridized carbons (Fsp3) is 0.500. The number of hydrogen-bond donors (Lipinski definition) is 0. The summed E-state index contributed by atoms with van der Waals surface area (Å²) in [6.45, 7) is 9.11. The van der Waals surface area contributed by atoms with E-state index in [1.54, 1.807) is 5.51 Å². The summed E-state index contributed by atoms with van der Waals surface area (Å²) in [5.74, 6) is 0.0767. The minimum Gasteiger partial charge on any atom is -0.329 e. The first-order valence-corrected chi connectivity index (χ1v) is 10.3. The second-order valence-corrected chi connectivity index (χ2v) is 9.05. The summed E-state index contributed by atoms with van der Waals surface area (Å²) >= 11 is 1.42. The van der Waals surface area contributed by atoms with Crippen LogP contribution in [0.5, 0.6) is 0 Å². The van der Waals surface area contributed by atoms with Gasteiger partial charge in [0.15, 0.2) is 5.65 Å². The van der Waals surface area contributed by atoms with Gasteiger partial charge >= 0.3 is 0 Å². The SMILES string of the molecule is Cc1ncsc1C(=O)N1CCCCC1c1ccnc2cc(C(C)(C)C)nn12. The number of carbonyl (C=O) groups excluding carboxylic acids is 1. The molecule has 4 heterocycles. The number of thiazole rings is 1. The molecule has 1 unspecified atom stereocenters. The number of nitrogens with zero attached hydrogens (tertiary/aromatic N) is 5. The van der Waals surface area contributed by atoms with Crippen LogP contribution in [0.4, 0.5) is 0 Å². The van der Waals surface area contributed by atoms with Crippen LogP contribution in [0.2, 0.25) is 0 Å². The molecule has 1 atom stereocenters. The first-order chi connectivity index (χ1) is 12.9. The molecule has 0 N–H and O–H groups in total. The van der Waals surface area contributed by atoms with E-state index in [0.717, 1.165) is 53.4 Å². The third-order valence-electron chi connectivity index (χ3n) is 5.20. The molecule has 1 fully saturated rings. The van der Waals surface area contributed by atoms with Crippen molar-refractivity contribution >= 4 is 22.9 Å². The molecule has 3 aromatic rings. The average Bonchev–Trinajstić information content (AvgIpc) is 3.26. The smallest absolute Gasteiger partial charge is 0.266 e. The van der Waals surface area contributed by atoms with E-state index in [4.69, 9.17) is 5.10 Å². The van der Waals surface area contributed by atoms with Gasteiger partial charge in [-0.2, -0.15) is 5.10 Å². The van der Waals surface area contributed by atoms with Crippen molar-refractivity contribution in [3.63, 3.8) is 0 Å². The Balaban J connectivity index is 1.77. The fourth-order valence-corrected chi connectivity index (χ4v) is 4.41. The number of fused-ring (bicyclic) bond motifs is 1. The Morgan fingerprint density at radius 3 is 2.78 bits per heavy atom. The molecule has 1 amide bonds. The van der Waals surface area contributed by atoms with Gasteiger partial charge in [-0.05, 0) is 32.3 Å². The molecule has 1 saturated heterocycles. The van der Waals surface area contributed by atoms with E-state index in [9.17, 15) is 4.79 Å². The number of piperidine rings is 1. The van der Waals surface area contributed by atoms with E-state index >= 15 is 0 Å². The summed E-state index contributed by atoms with van der Waals surface area (Å²) in [6, 6.07) is 4.06. The van der Waals surface area contributed by atoms with Crippen molar-refractivity contribution in [1.29, 1.82) is 0 Å². The Morgan fingerprint density at radius 2 is 2.07 bits per heavy atom. The molecule has 0 saturated carbocycles. The van der Waals surface area contributed by atoms with Gasteiger partial charge in [-0.3, -0.25) is 4.79 Å². The number of rotatable bonds is 2. The van der Waals surface area contributed by atoms with Crippen LogP contribution in [0.15, 0.2) is 23.8 Å². The normalized spacial score (nSPS) is 18.2. The molecule has 0 aromatic carbocycles. The van der Waals surface area contributed by atoms with Gasteiger partial charge in [-0.1, -0.05) is 20.8 Å². The Bertz CT molecular complexity index is 984. The van der Waals surface area contributed by atoms with Crippen molar-refractivity contribution in [1.82, 2.24) is 24.5 Å². The van der Waals surface area contributed by atoms with Crippen molar-refractivity contribution < 1.29 is 4.79 Å². The largest absolute Gasteiger partial charge is 0.329 e. The van der Waals surface area contributed by atoms with Crippen LogP contribution >= 0.6 is 11.3 Å². The summed E-state index contributed by atoms with van der Waals surface area (Å²) in [6.07, 6.45) is 4.90. The van der Waals surface area contributed by atoms with Crippen molar-refractivity contribution in [2.45, 2.75) is 58.4 Å². The molecule has 1 aliphatic heterocycles. The highest BCUT2D eigenvalue weighted by molar-refractivity contribution is 7.11. The quantitative estimate of drug-likeness (QED) is 0.667. The summed E-state index contributed by atoms with van der Waals surface area (Å²) in [7, 11) is 0. The van der Waals surface area contributed by atoms with E-state index in [1.807, 2.05) is 34.7 Å². The molecule has 27 heavy (non-hydrogen) atoms. The topological polar surface area (TPSA) is 63.4 Å². The molecule has 3 aromatic heterocycles. The number of aryl methyl sites for hydroxylation is 1. The Morgan fingerprint density at radius 1 is 1.26 bits per heavy atom. The van der Waals surface area contributed by atoms with Crippen LogP contribution < -0.4 is 0 Å². The molecule has 4 rings (SSSR count). The maximum Gasteiger partial charge on any atom is 0.266 e. The van der Waals surface area contributed by atoms with Crippen LogP contribution in [0.1, 0.15) is 72.8 Å². The summed E-state index contributed by atoms with van der Waals surface area (Å²) < 4.78 is 1.93. The van der Waals surface area contributed by atoms with Crippen LogP contribution in [0.3, 0.4) is 0 Å². The zero-order valence-electron chi connectivity index (χ0n) is 16.3. The molecule has 1 aliphatic rings. The number of hydrogen-bond acceptors (Lipinski definition) is 5. The van der Waals surface area contributed by atoms with Gasteiger partial charge < -0.3 is 4.90 Å². The summed E-state index contributed by atoms with van der Waals surface area (Å²) in [5, 5.41) is 4.84. The lowest BCUT2D eigenvalue weighted by molar-refractivity contribution is 0.0607. The van der Waals surface area contributed by atoms with E-state index in [2.05, 4.69) is 30.7 Å². The molecule has 6 nitrogen and oxygen atoms in total. The maximum absolute atomic E-state index is 13.2. The van der Waals surface area contributed by atoms with Gasteiger partial charge in [-0.25, -0.2) is 14.5 Å². The first kappa shape index (κ1) is 18.1. The van der Waals surface area contributed by atoms with Gasteiger partial charge in [0.1, 0.15) is 4.88 Å². The molecular formula is C20H25N5OS. The van der Waals surface area contributed by atoms with Gasteiger partial charge in [0.05, 0.1) is 28.6 Å². The van der Waals surface area contributed by atoms with Gasteiger partial charge in [-0.15, -0.1) is 11.3 Å². The molecule has 0 radical (unpaired) electrons. The van der Waals surface area contributed by atoms with E-state index in [-0.39, 0.29) is 17.4 Å². The van der Waals surface area contributed by atoms with Gasteiger partial charge in [0.25, 0.3) is 5.91 Å². The average molecular weight is 384 g/mol. The summed E-state index contributed by atoms with van der Waals surface area (Å²) in [5.41, 5.74) is 5.38. The van der Waals surface area contributed by atoms with Gasteiger partial charge in [0.2, 0.25) is 0 Å². The summed E-state index contributed by atoms with van der Waals surface area (Å²) in [4.78, 5) is 24.7. The van der Waals surface area contributed by atoms with Gasteiger partial charge in [0, 0.05) is 24.2 Å². The van der Waals surface area contributed by atoms with Crippen molar-refractivity contribution in [2.24, 2.45) is 0 Å². The maximum atomic E-state index is 13.2. The first-order valence-electron chi connectivity index (χ1n) is 9.42. The van der Waals surface area contributed by atoms with Crippen molar-refractivity contribution in [3.8, 4) is 0 Å². The lowest BCUT2D eigenvalue weighted by Gasteiger charge is -2.35. The Labute approximate surface area is 163 Å². The third-order valence-corrected chi connectivity index (χ3v) is 6.12. The Kier molecular flexibility index (Phi) is 4.50. The van der Waals surface area contributed by atoms with Crippen LogP contribution in [0.25, 0.3) is 5.65 Å². The number of aromatic nitrogens is 4. The zero-order valence-corrected chi connectivity index (χ0v) is 17.1. The molecule has 142 valence electrons. The lowest BCUT2D eigenvalue weighted by atomic mass is 9.93. The minimum atomic E-state index is -0.0488. The number of carbonyl (C=O) groups is 1. The third kappa shape index (κ3) is 3.25.